The van der Waals surface area contributed by atoms with Crippen molar-refractivity contribution in [2.75, 3.05) is 31.3 Å². The van der Waals surface area contributed by atoms with Crippen LogP contribution in [0.3, 0.4) is 0 Å². The molecule has 2 rings (SSSR count). The predicted molar refractivity (Wildman–Crippen MR) is 141 cm³/mol. The third-order valence-corrected chi connectivity index (χ3v) is 4.79. The molecule has 220 valence electrons. The minimum absolute atomic E-state index is 0.0548. The van der Waals surface area contributed by atoms with E-state index >= 15 is 0 Å². The monoisotopic (exact) mass is 590 g/mol. The van der Waals surface area contributed by atoms with Gasteiger partial charge in [0.05, 0.1) is 26.1 Å². The summed E-state index contributed by atoms with van der Waals surface area (Å²) in [5.41, 5.74) is 11.8. The Hall–Kier alpha value is -4.20. The fourth-order valence-electron chi connectivity index (χ4n) is 2.92. The summed E-state index contributed by atoms with van der Waals surface area (Å²) in [6.45, 7) is 2.75. The Labute approximate surface area is 233 Å². The zero-order valence-corrected chi connectivity index (χ0v) is 22.3. The van der Waals surface area contributed by atoms with Crippen molar-refractivity contribution in [2.24, 2.45) is 16.6 Å². The van der Waals surface area contributed by atoms with Crippen LogP contribution in [0.1, 0.15) is 25.3 Å². The summed E-state index contributed by atoms with van der Waals surface area (Å²) in [6, 6.07) is 14.4. The second-order valence-corrected chi connectivity index (χ2v) is 8.20. The predicted octanol–water partition coefficient (Wildman–Crippen LogP) is 3.48. The number of hydrogen-bond acceptors (Lipinski definition) is 7. The van der Waals surface area contributed by atoms with Gasteiger partial charge in [-0.15, -0.1) is 0 Å². The number of carbonyl (C=O) groups is 3. The molecule has 5 N–H and O–H groups in total. The zero-order chi connectivity index (χ0) is 30.1. The third kappa shape index (κ3) is 14.1. The first-order chi connectivity index (χ1) is 18.8. The second-order valence-electron chi connectivity index (χ2n) is 7.76. The molecule has 0 aromatic heterocycles. The Morgan fingerprint density at radius 2 is 1.73 bits per heavy atom. The summed E-state index contributed by atoms with van der Waals surface area (Å²) in [5.74, 6) is -2.99. The van der Waals surface area contributed by atoms with Gasteiger partial charge in [0.15, 0.2) is 0 Å². The van der Waals surface area contributed by atoms with E-state index in [1.807, 2.05) is 30.3 Å². The number of carboxylic acids is 1. The number of guanidine groups is 1. The smallest absolute Gasteiger partial charge is 0.490 e. The third-order valence-electron chi connectivity index (χ3n) is 4.57. The fraction of sp³-hybridized carbons (Fsp3) is 0.360. The van der Waals surface area contributed by atoms with Crippen molar-refractivity contribution in [1.29, 1.82) is 0 Å². The molecule has 15 heteroatoms. The van der Waals surface area contributed by atoms with E-state index in [1.165, 1.54) is 4.90 Å². The van der Waals surface area contributed by atoms with Gasteiger partial charge in [0.2, 0.25) is 11.9 Å². The molecule has 1 amide bonds. The van der Waals surface area contributed by atoms with Gasteiger partial charge >= 0.3 is 18.1 Å². The lowest BCUT2D eigenvalue weighted by atomic mass is 10.1. The van der Waals surface area contributed by atoms with Crippen LogP contribution in [0.4, 0.5) is 18.9 Å². The Balaban J connectivity index is 0.00000101. The van der Waals surface area contributed by atoms with Crippen molar-refractivity contribution in [2.45, 2.75) is 32.4 Å². The maximum absolute atomic E-state index is 13.1. The Morgan fingerprint density at radius 3 is 2.30 bits per heavy atom. The number of hydrogen-bond donors (Lipinski definition) is 3. The molecule has 0 fully saturated rings. The molecule has 0 aliphatic rings. The number of amides is 1. The number of alkyl halides is 3. The number of anilines is 1. The summed E-state index contributed by atoms with van der Waals surface area (Å²) in [7, 11) is 0. The van der Waals surface area contributed by atoms with E-state index < -0.39 is 12.1 Å². The van der Waals surface area contributed by atoms with Crippen LogP contribution in [-0.4, -0.2) is 61.5 Å². The van der Waals surface area contributed by atoms with Crippen LogP contribution in [0.5, 0.6) is 5.75 Å². The summed E-state index contributed by atoms with van der Waals surface area (Å²) in [5, 5.41) is 11.0. The summed E-state index contributed by atoms with van der Waals surface area (Å²) in [6.07, 6.45) is -4.33. The number of benzene rings is 2. The lowest BCUT2D eigenvalue weighted by Crippen LogP contribution is -2.34. The van der Waals surface area contributed by atoms with E-state index in [4.69, 9.17) is 47.3 Å². The Bertz CT molecular complexity index is 1130. The maximum atomic E-state index is 13.1. The number of ether oxygens (including phenoxy) is 2. The number of nitrogens with two attached hydrogens (primary N) is 2. The molecule has 0 unspecified atom stereocenters. The average molecular weight is 591 g/mol. The summed E-state index contributed by atoms with van der Waals surface area (Å²) >= 11 is 6.29. The van der Waals surface area contributed by atoms with Crippen LogP contribution in [0.15, 0.2) is 53.7 Å². The average Bonchev–Trinajstić information content (AvgIpc) is 2.86. The van der Waals surface area contributed by atoms with Gasteiger partial charge in [-0.2, -0.15) is 13.2 Å². The molecule has 0 bridgehead atoms. The lowest BCUT2D eigenvalue weighted by molar-refractivity contribution is -0.192. The van der Waals surface area contributed by atoms with Crippen LogP contribution in [0.25, 0.3) is 0 Å². The van der Waals surface area contributed by atoms with Crippen molar-refractivity contribution in [3.63, 3.8) is 0 Å². The van der Waals surface area contributed by atoms with Gasteiger partial charge in [0.1, 0.15) is 12.4 Å². The highest BCUT2D eigenvalue weighted by atomic mass is 35.5. The molecular weight excluding hydrogens is 561 g/mol. The van der Waals surface area contributed by atoms with Crippen LogP contribution in [0, 0.1) is 0 Å². The number of halogens is 4. The first-order valence-corrected chi connectivity index (χ1v) is 12.2. The largest absolute Gasteiger partial charge is 0.493 e. The van der Waals surface area contributed by atoms with Crippen LogP contribution >= 0.6 is 11.6 Å². The highest BCUT2D eigenvalue weighted by Gasteiger charge is 2.38. The van der Waals surface area contributed by atoms with E-state index in [9.17, 15) is 22.8 Å². The number of oxime groups is 1. The highest BCUT2D eigenvalue weighted by molar-refractivity contribution is 6.31. The van der Waals surface area contributed by atoms with Crippen LogP contribution in [-0.2, 0) is 30.4 Å². The number of carboxylic acid groups (broad SMARTS) is 1. The van der Waals surface area contributed by atoms with E-state index in [-0.39, 0.29) is 50.4 Å². The second kappa shape index (κ2) is 17.4. The topological polar surface area (TPSA) is 167 Å². The summed E-state index contributed by atoms with van der Waals surface area (Å²) in [4.78, 5) is 40.4. The minimum Gasteiger partial charge on any atom is -0.493 e. The van der Waals surface area contributed by atoms with Crippen LogP contribution in [0.2, 0.25) is 5.02 Å². The molecule has 0 heterocycles. The van der Waals surface area contributed by atoms with Crippen molar-refractivity contribution in [1.82, 2.24) is 0 Å². The number of rotatable bonds is 13. The minimum atomic E-state index is -5.08. The first-order valence-electron chi connectivity index (χ1n) is 11.8. The molecule has 40 heavy (non-hydrogen) atoms. The number of esters is 1. The van der Waals surface area contributed by atoms with Gasteiger partial charge in [-0.1, -0.05) is 41.9 Å². The molecule has 0 radical (unpaired) electrons. The molecule has 0 saturated heterocycles. The summed E-state index contributed by atoms with van der Waals surface area (Å²) < 4.78 is 42.5. The van der Waals surface area contributed by atoms with Crippen molar-refractivity contribution < 1.29 is 47.0 Å². The Kier molecular flexibility index (Phi) is 14.7. The van der Waals surface area contributed by atoms with Gasteiger partial charge in [0, 0.05) is 29.7 Å². The molecule has 2 aromatic carbocycles. The van der Waals surface area contributed by atoms with Gasteiger partial charge < -0.3 is 35.8 Å². The van der Waals surface area contributed by atoms with Crippen molar-refractivity contribution in [3.8, 4) is 5.75 Å². The molecule has 0 aliphatic carbocycles. The fourth-order valence-corrected chi connectivity index (χ4v) is 3.14. The van der Waals surface area contributed by atoms with Crippen molar-refractivity contribution >= 4 is 41.1 Å². The van der Waals surface area contributed by atoms with Gasteiger partial charge in [0.25, 0.3) is 0 Å². The van der Waals surface area contributed by atoms with Gasteiger partial charge in [-0.3, -0.25) is 9.59 Å². The molecule has 11 nitrogen and oxygen atoms in total. The molecular formula is C25H30ClF3N4O7. The molecule has 0 spiro atoms. The number of aliphatic carboxylic acids is 1. The normalized spacial score (nSPS) is 10.4. The molecule has 0 aliphatic heterocycles. The van der Waals surface area contributed by atoms with E-state index in [0.717, 1.165) is 5.56 Å². The quantitative estimate of drug-likeness (QED) is 0.104. The lowest BCUT2D eigenvalue weighted by Gasteiger charge is -2.24. The standard InChI is InChI=1S/C23H29ClN4O5.C2HF3O2/c1-2-31-22(30)9-10-28(21(29)13-17-7-4-3-5-8-17)19-14-18(24)15-20(16-19)32-11-6-12-33-27-23(25)26;3-2(4,5)1(6)7/h3-5,7-8,14-16H,2,6,9-13H2,1H3,(H4,25,26,27);(H,6,7). The first kappa shape index (κ1) is 33.8. The van der Waals surface area contributed by atoms with Gasteiger partial charge in [-0.25, -0.2) is 4.79 Å². The molecule has 0 saturated carbocycles. The molecule has 0 atom stereocenters. The maximum Gasteiger partial charge on any atom is 0.490 e. The van der Waals surface area contributed by atoms with E-state index in [1.54, 1.807) is 25.1 Å². The van der Waals surface area contributed by atoms with E-state index in [2.05, 4.69) is 5.16 Å². The number of carbonyl (C=O) groups excluding carboxylic acids is 2. The Morgan fingerprint density at radius 1 is 1.07 bits per heavy atom. The zero-order valence-electron chi connectivity index (χ0n) is 21.5. The van der Waals surface area contributed by atoms with Crippen molar-refractivity contribution in [3.05, 3.63) is 59.1 Å². The highest BCUT2D eigenvalue weighted by Crippen LogP contribution is 2.28. The SMILES string of the molecule is CCOC(=O)CCN(C(=O)Cc1ccccc1)c1cc(Cl)cc(OCCCON=C(N)N)c1.O=C(O)C(F)(F)F. The van der Waals surface area contributed by atoms with Gasteiger partial charge in [-0.05, 0) is 29.8 Å². The molecule has 2 aromatic rings. The van der Waals surface area contributed by atoms with Crippen LogP contribution < -0.4 is 21.1 Å². The number of nitrogens with zero attached hydrogens (tertiary/aromatic N) is 2. The van der Waals surface area contributed by atoms with E-state index in [0.29, 0.717) is 29.5 Å².